The van der Waals surface area contributed by atoms with Crippen molar-refractivity contribution >= 4 is 35.6 Å². The summed E-state index contributed by atoms with van der Waals surface area (Å²) in [4.78, 5) is 34.1. The van der Waals surface area contributed by atoms with Gasteiger partial charge in [-0.3, -0.25) is 9.59 Å². The van der Waals surface area contributed by atoms with Crippen LogP contribution in [0.1, 0.15) is 13.3 Å². The van der Waals surface area contributed by atoms with Crippen molar-refractivity contribution in [3.8, 4) is 0 Å². The standard InChI is InChI=1S/C11H17N3O5S/c1-7(15)4-8(10(18)19)6-20-13-11-12-2-3-14(11)5-9(16)17/h8H,2-6H2,1H3,(H,12,13)(H,16,17)(H,18,19)/t8-/m1/s1. The zero-order valence-electron chi connectivity index (χ0n) is 11.0. The number of nitrogens with one attached hydrogen (secondary N) is 1. The minimum atomic E-state index is -1.03. The Balaban J connectivity index is 2.51. The molecule has 0 aromatic carbocycles. The van der Waals surface area contributed by atoms with Crippen molar-refractivity contribution in [2.24, 2.45) is 10.3 Å². The van der Waals surface area contributed by atoms with Crippen molar-refractivity contribution in [3.05, 3.63) is 0 Å². The van der Waals surface area contributed by atoms with Gasteiger partial charge in [0.15, 0.2) is 0 Å². The van der Waals surface area contributed by atoms with Crippen LogP contribution in [-0.2, 0) is 14.4 Å². The van der Waals surface area contributed by atoms with E-state index in [1.165, 1.54) is 6.92 Å². The summed E-state index contributed by atoms with van der Waals surface area (Å²) in [6, 6.07) is 0. The highest BCUT2D eigenvalue weighted by molar-refractivity contribution is 7.98. The van der Waals surface area contributed by atoms with E-state index in [-0.39, 0.29) is 24.5 Å². The molecule has 1 rings (SSSR count). The van der Waals surface area contributed by atoms with Crippen LogP contribution in [0.4, 0.5) is 0 Å². The molecule has 9 heteroatoms. The molecular formula is C11H17N3O5S. The molecule has 0 bridgehead atoms. The van der Waals surface area contributed by atoms with Crippen LogP contribution < -0.4 is 5.32 Å². The maximum atomic E-state index is 11.0. The average molecular weight is 303 g/mol. The van der Waals surface area contributed by atoms with E-state index in [2.05, 4.69) is 9.71 Å². The van der Waals surface area contributed by atoms with Crippen LogP contribution in [0, 0.1) is 5.92 Å². The van der Waals surface area contributed by atoms with Crippen molar-refractivity contribution in [1.29, 1.82) is 0 Å². The van der Waals surface area contributed by atoms with Crippen LogP contribution in [0.5, 0.6) is 0 Å². The van der Waals surface area contributed by atoms with Crippen molar-refractivity contribution in [3.63, 3.8) is 0 Å². The lowest BCUT2D eigenvalue weighted by Gasteiger charge is -2.14. The number of carboxylic acids is 2. The topological polar surface area (TPSA) is 119 Å². The van der Waals surface area contributed by atoms with E-state index < -0.39 is 17.9 Å². The van der Waals surface area contributed by atoms with E-state index in [9.17, 15) is 14.4 Å². The zero-order chi connectivity index (χ0) is 15.1. The van der Waals surface area contributed by atoms with Gasteiger partial charge >= 0.3 is 11.9 Å². The van der Waals surface area contributed by atoms with E-state index in [1.54, 1.807) is 4.90 Å². The number of hydrogen-bond donors (Lipinski definition) is 3. The molecule has 0 unspecified atom stereocenters. The van der Waals surface area contributed by atoms with E-state index in [1.807, 2.05) is 0 Å². The number of carbonyl (C=O) groups excluding carboxylic acids is 1. The average Bonchev–Trinajstić information content (AvgIpc) is 2.74. The first-order valence-corrected chi connectivity index (χ1v) is 6.97. The highest BCUT2D eigenvalue weighted by atomic mass is 32.2. The molecule has 1 aliphatic rings. The fourth-order valence-electron chi connectivity index (χ4n) is 1.68. The normalized spacial score (nSPS) is 17.9. The number of ketones is 1. The van der Waals surface area contributed by atoms with Crippen LogP contribution in [0.3, 0.4) is 0 Å². The summed E-state index contributed by atoms with van der Waals surface area (Å²) in [7, 11) is 0. The van der Waals surface area contributed by atoms with Crippen LogP contribution in [0.2, 0.25) is 0 Å². The van der Waals surface area contributed by atoms with Gasteiger partial charge in [0.2, 0.25) is 5.96 Å². The molecule has 0 amide bonds. The predicted octanol–water partition coefficient (Wildman–Crippen LogP) is -0.340. The molecule has 0 aliphatic carbocycles. The Morgan fingerprint density at radius 3 is 2.70 bits per heavy atom. The molecule has 0 radical (unpaired) electrons. The number of hydrogen-bond acceptors (Lipinski definition) is 5. The van der Waals surface area contributed by atoms with Gasteiger partial charge in [-0.15, -0.1) is 0 Å². The lowest BCUT2D eigenvalue weighted by molar-refractivity contribution is -0.142. The molecule has 1 aliphatic heterocycles. The molecule has 0 saturated carbocycles. The summed E-state index contributed by atoms with van der Waals surface area (Å²) >= 11 is 1.02. The van der Waals surface area contributed by atoms with Crippen LogP contribution in [0.15, 0.2) is 4.40 Å². The maximum absolute atomic E-state index is 11.0. The van der Waals surface area contributed by atoms with Gasteiger partial charge in [0.05, 0.1) is 5.92 Å². The van der Waals surface area contributed by atoms with E-state index in [0.29, 0.717) is 19.0 Å². The minimum absolute atomic E-state index is 0.0283. The van der Waals surface area contributed by atoms with E-state index >= 15 is 0 Å². The molecule has 0 aromatic rings. The number of rotatable bonds is 8. The van der Waals surface area contributed by atoms with Crippen LogP contribution in [0.25, 0.3) is 0 Å². The Morgan fingerprint density at radius 1 is 1.45 bits per heavy atom. The highest BCUT2D eigenvalue weighted by Gasteiger charge is 2.22. The summed E-state index contributed by atoms with van der Waals surface area (Å²) in [6.45, 7) is 2.34. The number of guanidine groups is 1. The van der Waals surface area contributed by atoms with Gasteiger partial charge in [-0.25, -0.2) is 0 Å². The molecule has 1 heterocycles. The molecule has 1 saturated heterocycles. The Bertz CT molecular complexity index is 426. The second-order valence-electron chi connectivity index (χ2n) is 4.39. The second kappa shape index (κ2) is 7.73. The SMILES string of the molecule is CC(=O)C[C@H](CS/N=C1\NCCN1CC(=O)O)C(=O)O. The third kappa shape index (κ3) is 5.47. The van der Waals surface area contributed by atoms with Crippen molar-refractivity contribution in [2.75, 3.05) is 25.4 Å². The molecule has 8 nitrogen and oxygen atoms in total. The predicted molar refractivity (Wildman–Crippen MR) is 73.5 cm³/mol. The molecule has 0 aromatic heterocycles. The molecule has 0 spiro atoms. The molecule has 1 atom stereocenters. The molecule has 20 heavy (non-hydrogen) atoms. The lowest BCUT2D eigenvalue weighted by Crippen LogP contribution is -2.34. The first kappa shape index (κ1) is 16.3. The molecule has 3 N–H and O–H groups in total. The first-order chi connectivity index (χ1) is 9.40. The minimum Gasteiger partial charge on any atom is -0.481 e. The Morgan fingerprint density at radius 2 is 2.15 bits per heavy atom. The van der Waals surface area contributed by atoms with Crippen LogP contribution >= 0.6 is 11.9 Å². The summed E-state index contributed by atoms with van der Waals surface area (Å²) in [5, 5.41) is 20.6. The van der Waals surface area contributed by atoms with Gasteiger partial charge < -0.3 is 25.2 Å². The zero-order valence-corrected chi connectivity index (χ0v) is 11.9. The smallest absolute Gasteiger partial charge is 0.323 e. The molecule has 1 fully saturated rings. The third-order valence-corrected chi connectivity index (χ3v) is 3.45. The Kier molecular flexibility index (Phi) is 6.29. The number of aliphatic carboxylic acids is 2. The fourth-order valence-corrected chi connectivity index (χ4v) is 2.50. The number of Topliss-reactive ketones (excluding diaryl/α,β-unsaturated/α-hetero) is 1. The number of nitrogens with zero attached hydrogens (tertiary/aromatic N) is 2. The first-order valence-electron chi connectivity index (χ1n) is 6.03. The summed E-state index contributed by atoms with van der Waals surface area (Å²) < 4.78 is 4.10. The van der Waals surface area contributed by atoms with Gasteiger partial charge in [-0.2, -0.15) is 4.40 Å². The number of carbonyl (C=O) groups is 3. The summed E-state index contributed by atoms with van der Waals surface area (Å²) in [6.07, 6.45) is -0.0283. The van der Waals surface area contributed by atoms with E-state index in [0.717, 1.165) is 11.9 Å². The maximum Gasteiger partial charge on any atom is 0.323 e. The lowest BCUT2D eigenvalue weighted by atomic mass is 10.1. The van der Waals surface area contributed by atoms with Crippen molar-refractivity contribution < 1.29 is 24.6 Å². The quantitative estimate of drug-likeness (QED) is 0.521. The number of carboxylic acid groups (broad SMARTS) is 2. The summed E-state index contributed by atoms with van der Waals surface area (Å²) in [5.41, 5.74) is 0. The summed E-state index contributed by atoms with van der Waals surface area (Å²) in [5.74, 6) is -2.35. The van der Waals surface area contributed by atoms with E-state index in [4.69, 9.17) is 10.2 Å². The Labute approximate surface area is 120 Å². The van der Waals surface area contributed by atoms with Gasteiger partial charge in [0, 0.05) is 25.3 Å². The third-order valence-electron chi connectivity index (χ3n) is 2.60. The highest BCUT2D eigenvalue weighted by Crippen LogP contribution is 2.15. The monoisotopic (exact) mass is 303 g/mol. The van der Waals surface area contributed by atoms with Crippen molar-refractivity contribution in [1.82, 2.24) is 10.2 Å². The van der Waals surface area contributed by atoms with Gasteiger partial charge in [-0.1, -0.05) is 0 Å². The fraction of sp³-hybridized carbons (Fsp3) is 0.636. The van der Waals surface area contributed by atoms with Gasteiger partial charge in [0.1, 0.15) is 12.3 Å². The second-order valence-corrected chi connectivity index (χ2v) is 5.17. The molecule has 112 valence electrons. The van der Waals surface area contributed by atoms with Gasteiger partial charge in [-0.05, 0) is 18.9 Å². The molecular weight excluding hydrogens is 286 g/mol. The van der Waals surface area contributed by atoms with Crippen molar-refractivity contribution in [2.45, 2.75) is 13.3 Å². The largest absolute Gasteiger partial charge is 0.481 e. The van der Waals surface area contributed by atoms with Crippen LogP contribution in [-0.4, -0.2) is 64.2 Å². The van der Waals surface area contributed by atoms with Gasteiger partial charge in [0.25, 0.3) is 0 Å². The Hall–Kier alpha value is -1.77.